The molecule has 0 saturated carbocycles. The summed E-state index contributed by atoms with van der Waals surface area (Å²) in [4.78, 5) is 25.8. The zero-order chi connectivity index (χ0) is 19.1. The number of rotatable bonds is 7. The molecule has 2 amide bonds. The van der Waals surface area contributed by atoms with Crippen molar-refractivity contribution in [1.29, 1.82) is 0 Å². The molecule has 0 radical (unpaired) electrons. The van der Waals surface area contributed by atoms with E-state index in [1.807, 2.05) is 13.0 Å². The first kappa shape index (κ1) is 19.6. The second-order valence-electron chi connectivity index (χ2n) is 5.40. The number of carbonyl (C=O) groups is 2. The van der Waals surface area contributed by atoms with Gasteiger partial charge in [-0.3, -0.25) is 9.59 Å². The Hall–Kier alpha value is -2.73. The maximum absolute atomic E-state index is 12.4. The largest absolute Gasteiger partial charge is 0.495 e. The van der Waals surface area contributed by atoms with E-state index in [2.05, 4.69) is 5.32 Å². The van der Waals surface area contributed by atoms with Crippen LogP contribution in [-0.4, -0.2) is 32.1 Å². The maximum Gasteiger partial charge on any atom is 0.244 e. The Morgan fingerprint density at radius 3 is 2.50 bits per heavy atom. The summed E-state index contributed by atoms with van der Waals surface area (Å²) in [6, 6.07) is 12.0. The van der Waals surface area contributed by atoms with Crippen LogP contribution in [0.5, 0.6) is 11.5 Å². The normalized spacial score (nSPS) is 10.2. The summed E-state index contributed by atoms with van der Waals surface area (Å²) < 4.78 is 10.6. The molecule has 0 heterocycles. The molecular formula is C19H21ClN2O4. The van der Waals surface area contributed by atoms with E-state index in [4.69, 9.17) is 21.1 Å². The van der Waals surface area contributed by atoms with Gasteiger partial charge in [-0.15, -0.1) is 0 Å². The van der Waals surface area contributed by atoms with Crippen LogP contribution in [0.25, 0.3) is 0 Å². The summed E-state index contributed by atoms with van der Waals surface area (Å²) in [5.74, 6) is 0.443. The van der Waals surface area contributed by atoms with Crippen molar-refractivity contribution in [1.82, 2.24) is 0 Å². The van der Waals surface area contributed by atoms with Gasteiger partial charge in [0.15, 0.2) is 0 Å². The first-order valence-electron chi connectivity index (χ1n) is 8.09. The van der Waals surface area contributed by atoms with Crippen LogP contribution in [0.4, 0.5) is 11.4 Å². The number of halogens is 1. The minimum atomic E-state index is -0.348. The molecular weight excluding hydrogens is 356 g/mol. The molecule has 0 aliphatic heterocycles. The average molecular weight is 377 g/mol. The number of para-hydroxylation sites is 2. The van der Waals surface area contributed by atoms with E-state index < -0.39 is 0 Å². The molecule has 0 bridgehead atoms. The minimum absolute atomic E-state index is 0.154. The summed E-state index contributed by atoms with van der Waals surface area (Å²) in [5.41, 5.74) is 1.06. The van der Waals surface area contributed by atoms with Gasteiger partial charge >= 0.3 is 0 Å². The Labute approximate surface area is 157 Å². The lowest BCUT2D eigenvalue weighted by molar-refractivity contribution is -0.120. The van der Waals surface area contributed by atoms with Crippen LogP contribution in [0.15, 0.2) is 42.5 Å². The Kier molecular flexibility index (Phi) is 6.86. The molecule has 0 fully saturated rings. The third-order valence-corrected chi connectivity index (χ3v) is 3.89. The predicted octanol–water partition coefficient (Wildman–Crippen LogP) is 3.74. The van der Waals surface area contributed by atoms with Crippen LogP contribution >= 0.6 is 11.6 Å². The van der Waals surface area contributed by atoms with E-state index in [-0.39, 0.29) is 18.4 Å². The molecule has 0 atom stereocenters. The smallest absolute Gasteiger partial charge is 0.244 e. The van der Waals surface area contributed by atoms with Crippen molar-refractivity contribution in [2.75, 3.05) is 30.5 Å². The van der Waals surface area contributed by atoms with Crippen LogP contribution in [0.3, 0.4) is 0 Å². The zero-order valence-corrected chi connectivity index (χ0v) is 15.7. The number of anilines is 2. The average Bonchev–Trinajstić information content (AvgIpc) is 2.61. The van der Waals surface area contributed by atoms with Crippen molar-refractivity contribution in [3.63, 3.8) is 0 Å². The van der Waals surface area contributed by atoms with Gasteiger partial charge in [0.05, 0.1) is 24.4 Å². The number of amides is 2. The lowest BCUT2D eigenvalue weighted by Crippen LogP contribution is -2.36. The first-order valence-corrected chi connectivity index (χ1v) is 8.47. The predicted molar refractivity (Wildman–Crippen MR) is 102 cm³/mol. The quantitative estimate of drug-likeness (QED) is 0.799. The molecule has 0 saturated heterocycles. The van der Waals surface area contributed by atoms with Crippen LogP contribution in [0.2, 0.25) is 5.02 Å². The van der Waals surface area contributed by atoms with E-state index in [0.29, 0.717) is 34.5 Å². The highest BCUT2D eigenvalue weighted by Crippen LogP contribution is 2.29. The molecule has 6 nitrogen and oxygen atoms in total. The van der Waals surface area contributed by atoms with Gasteiger partial charge in [-0.1, -0.05) is 23.7 Å². The number of methoxy groups -OCH3 is 1. The van der Waals surface area contributed by atoms with E-state index in [0.717, 1.165) is 0 Å². The summed E-state index contributed by atoms with van der Waals surface area (Å²) in [7, 11) is 1.51. The van der Waals surface area contributed by atoms with Crippen molar-refractivity contribution in [2.45, 2.75) is 13.8 Å². The van der Waals surface area contributed by atoms with Crippen molar-refractivity contribution in [2.24, 2.45) is 0 Å². The van der Waals surface area contributed by atoms with Gasteiger partial charge in [-0.2, -0.15) is 0 Å². The third-order valence-electron chi connectivity index (χ3n) is 3.59. The van der Waals surface area contributed by atoms with Crippen molar-refractivity contribution in [3.05, 3.63) is 47.5 Å². The molecule has 2 aromatic rings. The maximum atomic E-state index is 12.4. The molecule has 7 heteroatoms. The van der Waals surface area contributed by atoms with Crippen molar-refractivity contribution < 1.29 is 19.1 Å². The second kappa shape index (κ2) is 9.10. The number of nitrogens with zero attached hydrogens (tertiary/aromatic N) is 1. The number of hydrogen-bond acceptors (Lipinski definition) is 4. The van der Waals surface area contributed by atoms with Gasteiger partial charge in [-0.05, 0) is 37.3 Å². The highest BCUT2D eigenvalue weighted by atomic mass is 35.5. The molecule has 2 aromatic carbocycles. The highest BCUT2D eigenvalue weighted by molar-refractivity contribution is 6.32. The fraction of sp³-hybridized carbons (Fsp3) is 0.263. The van der Waals surface area contributed by atoms with Gasteiger partial charge in [-0.25, -0.2) is 0 Å². The number of nitrogens with one attached hydrogen (secondary N) is 1. The lowest BCUT2D eigenvalue weighted by atomic mass is 10.2. The number of carbonyl (C=O) groups excluding carboxylic acids is 2. The molecule has 0 aliphatic rings. The van der Waals surface area contributed by atoms with E-state index >= 15 is 0 Å². The summed E-state index contributed by atoms with van der Waals surface area (Å²) in [6.07, 6.45) is 0. The standard InChI is InChI=1S/C19H21ClN2O4/c1-4-26-18-8-6-5-7-16(18)21-19(24)12-22(13(2)23)14-9-10-17(25-3)15(20)11-14/h5-11H,4,12H2,1-3H3,(H,21,24). The molecule has 0 unspecified atom stereocenters. The third kappa shape index (κ3) is 4.89. The number of hydrogen-bond donors (Lipinski definition) is 1. The monoisotopic (exact) mass is 376 g/mol. The zero-order valence-electron chi connectivity index (χ0n) is 14.9. The Morgan fingerprint density at radius 2 is 1.88 bits per heavy atom. The molecule has 2 rings (SSSR count). The summed E-state index contributed by atoms with van der Waals surface area (Å²) in [6.45, 7) is 3.58. The molecule has 138 valence electrons. The van der Waals surface area contributed by atoms with Crippen LogP contribution in [0, 0.1) is 0 Å². The number of ether oxygens (including phenoxy) is 2. The molecule has 0 aromatic heterocycles. The Balaban J connectivity index is 2.16. The van der Waals surface area contributed by atoms with Gasteiger partial charge < -0.3 is 19.7 Å². The minimum Gasteiger partial charge on any atom is -0.495 e. The Morgan fingerprint density at radius 1 is 1.15 bits per heavy atom. The van der Waals surface area contributed by atoms with Crippen molar-refractivity contribution >= 4 is 34.8 Å². The fourth-order valence-electron chi connectivity index (χ4n) is 2.39. The van der Waals surface area contributed by atoms with E-state index in [1.165, 1.54) is 18.9 Å². The van der Waals surface area contributed by atoms with Gasteiger partial charge in [0.1, 0.15) is 18.0 Å². The van der Waals surface area contributed by atoms with Crippen LogP contribution in [0.1, 0.15) is 13.8 Å². The lowest BCUT2D eigenvalue weighted by Gasteiger charge is -2.21. The molecule has 1 N–H and O–H groups in total. The fourth-order valence-corrected chi connectivity index (χ4v) is 2.64. The second-order valence-corrected chi connectivity index (χ2v) is 5.81. The van der Waals surface area contributed by atoms with Crippen molar-refractivity contribution in [3.8, 4) is 11.5 Å². The highest BCUT2D eigenvalue weighted by Gasteiger charge is 2.18. The van der Waals surface area contributed by atoms with Gasteiger partial charge in [0, 0.05) is 12.6 Å². The molecule has 26 heavy (non-hydrogen) atoms. The number of benzene rings is 2. The van der Waals surface area contributed by atoms with Gasteiger partial charge in [0.25, 0.3) is 0 Å². The topological polar surface area (TPSA) is 67.9 Å². The summed E-state index contributed by atoms with van der Waals surface area (Å²) >= 11 is 6.12. The molecule has 0 aliphatic carbocycles. The van der Waals surface area contributed by atoms with Gasteiger partial charge in [0.2, 0.25) is 11.8 Å². The first-order chi connectivity index (χ1) is 12.5. The Bertz CT molecular complexity index is 795. The molecule has 0 spiro atoms. The van der Waals surface area contributed by atoms with E-state index in [1.54, 1.807) is 36.4 Å². The van der Waals surface area contributed by atoms with Crippen LogP contribution < -0.4 is 19.7 Å². The van der Waals surface area contributed by atoms with Crippen LogP contribution in [-0.2, 0) is 9.59 Å². The summed E-state index contributed by atoms with van der Waals surface area (Å²) in [5, 5.41) is 3.13. The van der Waals surface area contributed by atoms with E-state index in [9.17, 15) is 9.59 Å². The SMILES string of the molecule is CCOc1ccccc1NC(=O)CN(C(C)=O)c1ccc(OC)c(Cl)c1.